The fourth-order valence-electron chi connectivity index (χ4n) is 3.57. The van der Waals surface area contributed by atoms with Crippen molar-refractivity contribution in [2.75, 3.05) is 23.3 Å². The number of halogens is 2. The van der Waals surface area contributed by atoms with Crippen LogP contribution < -0.4 is 15.8 Å². The van der Waals surface area contributed by atoms with Gasteiger partial charge in [-0.2, -0.15) is 4.68 Å². The van der Waals surface area contributed by atoms with E-state index in [0.717, 1.165) is 19.4 Å². The van der Waals surface area contributed by atoms with Gasteiger partial charge >= 0.3 is 0 Å². The molecular weight excluding hydrogens is 407 g/mol. The van der Waals surface area contributed by atoms with Gasteiger partial charge in [-0.3, -0.25) is 9.59 Å². The minimum atomic E-state index is -0.398. The number of rotatable bonds is 4. The van der Waals surface area contributed by atoms with Gasteiger partial charge in [0.15, 0.2) is 0 Å². The minimum Gasteiger partial charge on any atom is -0.354 e. The number of carbonyl (C=O) groups excluding carboxylic acids is 1. The third-order valence-electron chi connectivity index (χ3n) is 5.05. The van der Waals surface area contributed by atoms with E-state index in [4.69, 9.17) is 11.6 Å². The standard InChI is InChI=1S/C22H20ClFN4O2/c23-16-5-1-8-19(12-16)28-21(29)10-9-20(26-28)27-11-3-4-15(14-27)22(30)25-18-7-2-6-17(24)13-18/h1-2,5-10,12-13,15H,3-4,11,14H2,(H,25,30)/t15-/m0/s1. The van der Waals surface area contributed by atoms with E-state index in [9.17, 15) is 14.0 Å². The quantitative estimate of drug-likeness (QED) is 0.687. The van der Waals surface area contributed by atoms with Crippen LogP contribution in [0, 0.1) is 11.7 Å². The largest absolute Gasteiger partial charge is 0.354 e. The lowest BCUT2D eigenvalue weighted by Gasteiger charge is -2.32. The van der Waals surface area contributed by atoms with Gasteiger partial charge in [0.1, 0.15) is 11.6 Å². The molecule has 0 aliphatic carbocycles. The molecule has 3 aromatic rings. The lowest BCUT2D eigenvalue weighted by atomic mass is 9.97. The average Bonchev–Trinajstić information content (AvgIpc) is 2.74. The summed E-state index contributed by atoms with van der Waals surface area (Å²) < 4.78 is 14.7. The van der Waals surface area contributed by atoms with Crippen molar-refractivity contribution in [1.29, 1.82) is 0 Å². The molecule has 30 heavy (non-hydrogen) atoms. The predicted octanol–water partition coefficient (Wildman–Crippen LogP) is 3.88. The van der Waals surface area contributed by atoms with Crippen LogP contribution >= 0.6 is 11.6 Å². The lowest BCUT2D eigenvalue weighted by Crippen LogP contribution is -2.41. The van der Waals surface area contributed by atoms with E-state index in [0.29, 0.717) is 28.8 Å². The molecule has 0 spiro atoms. The highest BCUT2D eigenvalue weighted by Gasteiger charge is 2.27. The van der Waals surface area contributed by atoms with Gasteiger partial charge in [-0.1, -0.05) is 23.7 Å². The number of hydrogen-bond donors (Lipinski definition) is 1. The number of piperidine rings is 1. The molecule has 4 rings (SSSR count). The average molecular weight is 427 g/mol. The van der Waals surface area contributed by atoms with Crippen LogP contribution in [0.3, 0.4) is 0 Å². The first-order valence-corrected chi connectivity index (χ1v) is 10.0. The Hall–Kier alpha value is -3.19. The zero-order valence-corrected chi connectivity index (χ0v) is 16.8. The molecule has 1 aromatic heterocycles. The van der Waals surface area contributed by atoms with Gasteiger partial charge in [0.25, 0.3) is 5.56 Å². The summed E-state index contributed by atoms with van der Waals surface area (Å²) in [5.41, 5.74) is 0.745. The summed E-state index contributed by atoms with van der Waals surface area (Å²) in [6.07, 6.45) is 1.53. The first kappa shape index (κ1) is 20.1. The summed E-state index contributed by atoms with van der Waals surface area (Å²) in [6, 6.07) is 15.9. The van der Waals surface area contributed by atoms with E-state index in [-0.39, 0.29) is 17.4 Å². The number of amides is 1. The van der Waals surface area contributed by atoms with E-state index in [1.54, 1.807) is 42.5 Å². The number of nitrogens with one attached hydrogen (secondary N) is 1. The van der Waals surface area contributed by atoms with Gasteiger partial charge < -0.3 is 10.2 Å². The molecule has 1 amide bonds. The molecule has 6 nitrogen and oxygen atoms in total. The van der Waals surface area contributed by atoms with Gasteiger partial charge in [0.2, 0.25) is 5.91 Å². The van der Waals surface area contributed by atoms with Crippen molar-refractivity contribution in [3.05, 3.63) is 81.9 Å². The van der Waals surface area contributed by atoms with E-state index in [1.165, 1.54) is 22.9 Å². The van der Waals surface area contributed by atoms with Crippen molar-refractivity contribution in [3.8, 4) is 5.69 Å². The Morgan fingerprint density at radius 2 is 1.97 bits per heavy atom. The number of carbonyl (C=O) groups is 1. The van der Waals surface area contributed by atoms with Crippen molar-refractivity contribution in [3.63, 3.8) is 0 Å². The molecule has 0 unspecified atom stereocenters. The lowest BCUT2D eigenvalue weighted by molar-refractivity contribution is -0.120. The first-order valence-electron chi connectivity index (χ1n) is 9.67. The summed E-state index contributed by atoms with van der Waals surface area (Å²) in [4.78, 5) is 27.0. The topological polar surface area (TPSA) is 67.2 Å². The molecule has 1 aliphatic heterocycles. The second kappa shape index (κ2) is 8.67. The molecular formula is C22H20ClFN4O2. The summed E-state index contributed by atoms with van der Waals surface area (Å²) in [5, 5.41) is 7.78. The van der Waals surface area contributed by atoms with Crippen LogP contribution in [-0.4, -0.2) is 28.8 Å². The third kappa shape index (κ3) is 4.52. The highest BCUT2D eigenvalue weighted by Crippen LogP contribution is 2.23. The van der Waals surface area contributed by atoms with Crippen molar-refractivity contribution in [1.82, 2.24) is 9.78 Å². The van der Waals surface area contributed by atoms with Gasteiger partial charge in [-0.05, 0) is 55.3 Å². The maximum Gasteiger partial charge on any atom is 0.271 e. The Morgan fingerprint density at radius 3 is 2.77 bits per heavy atom. The van der Waals surface area contributed by atoms with Gasteiger partial charge in [-0.15, -0.1) is 5.10 Å². The zero-order chi connectivity index (χ0) is 21.1. The van der Waals surface area contributed by atoms with Crippen molar-refractivity contribution >= 4 is 29.0 Å². The molecule has 1 N–H and O–H groups in total. The molecule has 1 aliphatic rings. The van der Waals surface area contributed by atoms with Crippen molar-refractivity contribution in [2.45, 2.75) is 12.8 Å². The highest BCUT2D eigenvalue weighted by molar-refractivity contribution is 6.30. The summed E-state index contributed by atoms with van der Waals surface area (Å²) in [6.45, 7) is 1.19. The molecule has 2 heterocycles. The van der Waals surface area contributed by atoms with Crippen LogP contribution in [-0.2, 0) is 4.79 Å². The van der Waals surface area contributed by atoms with Crippen LogP contribution in [0.4, 0.5) is 15.9 Å². The minimum absolute atomic E-state index is 0.159. The smallest absolute Gasteiger partial charge is 0.271 e. The predicted molar refractivity (Wildman–Crippen MR) is 115 cm³/mol. The number of hydrogen-bond acceptors (Lipinski definition) is 4. The zero-order valence-electron chi connectivity index (χ0n) is 16.1. The molecule has 0 bridgehead atoms. The Labute approximate surface area is 177 Å². The van der Waals surface area contributed by atoms with Gasteiger partial charge in [0.05, 0.1) is 11.6 Å². The van der Waals surface area contributed by atoms with E-state index >= 15 is 0 Å². The monoisotopic (exact) mass is 426 g/mol. The van der Waals surface area contributed by atoms with Crippen LogP contribution in [0.5, 0.6) is 0 Å². The van der Waals surface area contributed by atoms with Crippen LogP contribution in [0.1, 0.15) is 12.8 Å². The van der Waals surface area contributed by atoms with Gasteiger partial charge in [-0.25, -0.2) is 4.39 Å². The summed E-state index contributed by atoms with van der Waals surface area (Å²) >= 11 is 6.04. The van der Waals surface area contributed by atoms with Crippen LogP contribution in [0.25, 0.3) is 5.69 Å². The van der Waals surface area contributed by atoms with Crippen LogP contribution in [0.2, 0.25) is 5.02 Å². The molecule has 2 aromatic carbocycles. The van der Waals surface area contributed by atoms with E-state index in [2.05, 4.69) is 10.4 Å². The second-order valence-corrected chi connectivity index (χ2v) is 7.64. The maximum atomic E-state index is 13.4. The number of benzene rings is 2. The molecule has 0 radical (unpaired) electrons. The van der Waals surface area contributed by atoms with Crippen molar-refractivity contribution in [2.24, 2.45) is 5.92 Å². The summed E-state index contributed by atoms with van der Waals surface area (Å²) in [7, 11) is 0. The molecule has 1 atom stereocenters. The SMILES string of the molecule is O=C(Nc1cccc(F)c1)[C@H]1CCCN(c2ccc(=O)n(-c3cccc(Cl)c3)n2)C1. The Kier molecular flexibility index (Phi) is 5.81. The van der Waals surface area contributed by atoms with Crippen LogP contribution in [0.15, 0.2) is 65.5 Å². The molecule has 8 heteroatoms. The second-order valence-electron chi connectivity index (χ2n) is 7.21. The number of anilines is 2. The van der Waals surface area contributed by atoms with E-state index in [1.807, 2.05) is 4.90 Å². The molecule has 154 valence electrons. The normalized spacial score (nSPS) is 16.3. The third-order valence-corrected chi connectivity index (χ3v) is 5.28. The fourth-order valence-corrected chi connectivity index (χ4v) is 3.76. The molecule has 1 fully saturated rings. The Morgan fingerprint density at radius 1 is 1.13 bits per heavy atom. The fraction of sp³-hybridized carbons (Fsp3) is 0.227. The molecule has 0 saturated carbocycles. The van der Waals surface area contributed by atoms with Gasteiger partial charge in [0, 0.05) is 29.9 Å². The number of nitrogens with zero attached hydrogens (tertiary/aromatic N) is 3. The Balaban J connectivity index is 1.52. The number of aromatic nitrogens is 2. The summed E-state index contributed by atoms with van der Waals surface area (Å²) in [5.74, 6) is -0.216. The highest BCUT2D eigenvalue weighted by atomic mass is 35.5. The van der Waals surface area contributed by atoms with Crippen molar-refractivity contribution < 1.29 is 9.18 Å². The van der Waals surface area contributed by atoms with E-state index < -0.39 is 5.82 Å². The first-order chi connectivity index (χ1) is 14.5. The maximum absolute atomic E-state index is 13.4. The Bertz CT molecular complexity index is 1130. The molecule has 1 saturated heterocycles.